The van der Waals surface area contributed by atoms with E-state index in [-0.39, 0.29) is 5.91 Å². The first-order valence-electron chi connectivity index (χ1n) is 10.6. The highest BCUT2D eigenvalue weighted by atomic mass is 16.4. The Balaban J connectivity index is 1.42. The summed E-state index contributed by atoms with van der Waals surface area (Å²) in [5.74, 6) is 0.121. The van der Waals surface area contributed by atoms with Gasteiger partial charge in [0.1, 0.15) is 5.69 Å². The fraction of sp³-hybridized carbons (Fsp3) is 0.0385. The van der Waals surface area contributed by atoms with Crippen LogP contribution in [0.4, 0.5) is 5.69 Å². The van der Waals surface area contributed by atoms with Gasteiger partial charge in [-0.15, -0.1) is 10.2 Å². The largest absolute Gasteiger partial charge is 0.423 e. The highest BCUT2D eigenvalue weighted by Gasteiger charge is 2.12. The number of aromatic nitrogens is 5. The fourth-order valence-corrected chi connectivity index (χ4v) is 3.48. The maximum absolute atomic E-state index is 12.8. The molecule has 3 heterocycles. The van der Waals surface area contributed by atoms with Crippen molar-refractivity contribution in [1.29, 1.82) is 0 Å². The topological polar surface area (TPSA) is 98.7 Å². The first-order valence-corrected chi connectivity index (χ1v) is 10.6. The van der Waals surface area contributed by atoms with Crippen molar-refractivity contribution in [2.24, 2.45) is 0 Å². The van der Waals surface area contributed by atoms with Gasteiger partial charge in [0, 0.05) is 47.0 Å². The van der Waals surface area contributed by atoms with E-state index in [1.807, 2.05) is 73.8 Å². The summed E-state index contributed by atoms with van der Waals surface area (Å²) in [6.45, 7) is 1.92. The van der Waals surface area contributed by atoms with E-state index < -0.39 is 0 Å². The third-order valence-corrected chi connectivity index (χ3v) is 5.21. The minimum atomic E-state index is -0.268. The van der Waals surface area contributed by atoms with Crippen molar-refractivity contribution < 1.29 is 9.21 Å². The quantitative estimate of drug-likeness (QED) is 0.369. The molecular weight excluding hydrogens is 428 g/mol. The zero-order valence-corrected chi connectivity index (χ0v) is 18.3. The molecule has 8 heteroatoms. The van der Waals surface area contributed by atoms with Gasteiger partial charge < -0.3 is 9.73 Å². The van der Waals surface area contributed by atoms with Crippen LogP contribution in [0.15, 0.2) is 96.1 Å². The van der Waals surface area contributed by atoms with Crippen LogP contribution < -0.4 is 5.32 Å². The van der Waals surface area contributed by atoms with Crippen LogP contribution >= 0.6 is 0 Å². The van der Waals surface area contributed by atoms with Gasteiger partial charge in [-0.2, -0.15) is 5.10 Å². The predicted octanol–water partition coefficient (Wildman–Crippen LogP) is 4.94. The fourth-order valence-electron chi connectivity index (χ4n) is 3.48. The van der Waals surface area contributed by atoms with Crippen LogP contribution in [-0.4, -0.2) is 30.9 Å². The number of nitrogens with zero attached hydrogens (tertiary/aromatic N) is 5. The van der Waals surface area contributed by atoms with Crippen molar-refractivity contribution in [2.75, 3.05) is 5.32 Å². The summed E-state index contributed by atoms with van der Waals surface area (Å²) < 4.78 is 7.05. The molecule has 2 aromatic carbocycles. The average Bonchev–Trinajstić information content (AvgIpc) is 3.56. The Morgan fingerprint density at radius 1 is 1.06 bits per heavy atom. The van der Waals surface area contributed by atoms with Crippen molar-refractivity contribution in [3.8, 4) is 28.4 Å². The molecule has 1 N–H and O–H groups in total. The number of carbonyl (C=O) groups excluding carboxylic acids is 1. The van der Waals surface area contributed by atoms with Gasteiger partial charge in [0.15, 0.2) is 0 Å². The monoisotopic (exact) mass is 448 g/mol. The molecule has 0 saturated carbocycles. The van der Waals surface area contributed by atoms with Crippen molar-refractivity contribution in [2.45, 2.75) is 6.92 Å². The first kappa shape index (κ1) is 21.0. The highest BCUT2D eigenvalue weighted by Crippen LogP contribution is 2.26. The molecule has 1 amide bonds. The van der Waals surface area contributed by atoms with Crippen LogP contribution in [0.1, 0.15) is 11.1 Å². The van der Waals surface area contributed by atoms with Gasteiger partial charge in [-0.3, -0.25) is 9.78 Å². The number of amides is 1. The van der Waals surface area contributed by atoms with Gasteiger partial charge in [0.25, 0.3) is 0 Å². The van der Waals surface area contributed by atoms with Gasteiger partial charge >= 0.3 is 0 Å². The number of nitrogens with one attached hydrogen (secondary N) is 1. The maximum atomic E-state index is 12.8. The number of rotatable bonds is 6. The second-order valence-electron chi connectivity index (χ2n) is 7.55. The number of hydrogen-bond acceptors (Lipinski definition) is 6. The van der Waals surface area contributed by atoms with Gasteiger partial charge in [-0.05, 0) is 55.0 Å². The molecule has 0 bridgehead atoms. The van der Waals surface area contributed by atoms with E-state index >= 15 is 0 Å². The minimum Gasteiger partial charge on any atom is -0.423 e. The van der Waals surface area contributed by atoms with Gasteiger partial charge in [-0.1, -0.05) is 24.3 Å². The van der Waals surface area contributed by atoms with Crippen LogP contribution in [0.2, 0.25) is 0 Å². The number of benzene rings is 2. The number of anilines is 1. The molecule has 0 aliphatic rings. The summed E-state index contributed by atoms with van der Waals surface area (Å²) in [6.07, 6.45) is 9.87. The summed E-state index contributed by atoms with van der Waals surface area (Å²) >= 11 is 0. The maximum Gasteiger partial charge on any atom is 0.248 e. The lowest BCUT2D eigenvalue weighted by Gasteiger charge is -2.07. The third kappa shape index (κ3) is 4.51. The second-order valence-corrected chi connectivity index (χ2v) is 7.55. The molecule has 0 unspecified atom stereocenters. The normalized spacial score (nSPS) is 11.1. The summed E-state index contributed by atoms with van der Waals surface area (Å²) in [5, 5.41) is 15.3. The molecule has 0 aliphatic heterocycles. The van der Waals surface area contributed by atoms with Gasteiger partial charge in [0.2, 0.25) is 18.2 Å². The molecule has 3 aromatic heterocycles. The Bertz CT molecular complexity index is 1440. The van der Waals surface area contributed by atoms with Crippen LogP contribution in [-0.2, 0) is 4.79 Å². The van der Waals surface area contributed by atoms with Crippen LogP contribution in [0.5, 0.6) is 0 Å². The zero-order valence-electron chi connectivity index (χ0n) is 18.3. The summed E-state index contributed by atoms with van der Waals surface area (Å²) in [4.78, 5) is 17.0. The predicted molar refractivity (Wildman–Crippen MR) is 129 cm³/mol. The number of hydrogen-bond donors (Lipinski definition) is 1. The number of aryl methyl sites for hydroxylation is 1. The first-order chi connectivity index (χ1) is 16.7. The lowest BCUT2D eigenvalue weighted by Crippen LogP contribution is -2.09. The third-order valence-electron chi connectivity index (χ3n) is 5.21. The van der Waals surface area contributed by atoms with E-state index in [0.29, 0.717) is 11.6 Å². The number of pyridine rings is 1. The zero-order chi connectivity index (χ0) is 23.3. The molecule has 5 rings (SSSR count). The van der Waals surface area contributed by atoms with Gasteiger partial charge in [-0.25, -0.2) is 4.68 Å². The summed E-state index contributed by atoms with van der Waals surface area (Å²) in [5.41, 5.74) is 5.62. The van der Waals surface area contributed by atoms with Gasteiger partial charge in [0.05, 0.1) is 5.69 Å². The highest BCUT2D eigenvalue weighted by molar-refractivity contribution is 6.03. The summed E-state index contributed by atoms with van der Waals surface area (Å²) in [6, 6.07) is 19.2. The molecule has 0 fully saturated rings. The van der Waals surface area contributed by atoms with E-state index in [9.17, 15) is 4.79 Å². The molecular formula is C26H20N6O2. The van der Waals surface area contributed by atoms with E-state index in [1.54, 1.807) is 23.2 Å². The number of carbonyl (C=O) groups is 1. The molecule has 0 radical (unpaired) electrons. The molecule has 34 heavy (non-hydrogen) atoms. The Hall–Kier alpha value is -4.85. The molecule has 166 valence electrons. The standard InChI is InChI=1S/C26H20N6O2/c1-18-9-10-19(26-30-28-17-34-26)14-23(18)29-24(33)12-11-21-16-32(22-7-3-2-4-8-22)31-25(21)20-6-5-13-27-15-20/h2-17H,1H3,(H,29,33)/b12-11+. The van der Waals surface area contributed by atoms with E-state index in [0.717, 1.165) is 33.6 Å². The van der Waals surface area contributed by atoms with Crippen molar-refractivity contribution in [1.82, 2.24) is 25.0 Å². The van der Waals surface area contributed by atoms with E-state index in [1.165, 1.54) is 12.5 Å². The Labute approximate surface area is 195 Å². The van der Waals surface area contributed by atoms with Crippen molar-refractivity contribution in [3.05, 3.63) is 103 Å². The smallest absolute Gasteiger partial charge is 0.248 e. The molecule has 5 aromatic rings. The Kier molecular flexibility index (Phi) is 5.77. The molecule has 0 spiro atoms. The Morgan fingerprint density at radius 2 is 1.94 bits per heavy atom. The Morgan fingerprint density at radius 3 is 2.71 bits per heavy atom. The van der Waals surface area contributed by atoms with E-state index in [4.69, 9.17) is 9.52 Å². The van der Waals surface area contributed by atoms with E-state index in [2.05, 4.69) is 20.5 Å². The molecule has 8 nitrogen and oxygen atoms in total. The number of para-hydroxylation sites is 1. The average molecular weight is 448 g/mol. The molecule has 0 aliphatic carbocycles. The second kappa shape index (κ2) is 9.33. The summed E-state index contributed by atoms with van der Waals surface area (Å²) in [7, 11) is 0. The SMILES string of the molecule is Cc1ccc(-c2nnco2)cc1NC(=O)/C=C/c1cn(-c2ccccc2)nc1-c1cccnc1. The van der Waals surface area contributed by atoms with Crippen LogP contribution in [0.3, 0.4) is 0 Å². The lowest BCUT2D eigenvalue weighted by atomic mass is 10.1. The van der Waals surface area contributed by atoms with Crippen LogP contribution in [0.25, 0.3) is 34.5 Å². The minimum absolute atomic E-state index is 0.268. The molecule has 0 saturated heterocycles. The lowest BCUT2D eigenvalue weighted by molar-refractivity contribution is -0.111. The van der Waals surface area contributed by atoms with Crippen LogP contribution in [0, 0.1) is 6.92 Å². The van der Waals surface area contributed by atoms with Crippen molar-refractivity contribution in [3.63, 3.8) is 0 Å². The molecule has 0 atom stereocenters. The van der Waals surface area contributed by atoms with Crippen molar-refractivity contribution >= 4 is 17.7 Å².